The average Bonchev–Trinajstić information content (AvgIpc) is 2.73. The molecule has 1 aromatic heterocycles. The third-order valence-electron chi connectivity index (χ3n) is 2.80. The number of aliphatic carboxylic acids is 1. The number of thiazole rings is 1. The summed E-state index contributed by atoms with van der Waals surface area (Å²) in [6.45, 7) is 6.41. The van der Waals surface area contributed by atoms with Crippen LogP contribution >= 0.6 is 11.3 Å². The van der Waals surface area contributed by atoms with Crippen molar-refractivity contribution < 1.29 is 9.90 Å². The fraction of sp³-hybridized carbons (Fsp3) is 0.692. The normalized spacial score (nSPS) is 12.9. The zero-order valence-electron chi connectivity index (χ0n) is 11.3. The summed E-state index contributed by atoms with van der Waals surface area (Å²) < 4.78 is 0. The van der Waals surface area contributed by atoms with Crippen LogP contribution in [0.5, 0.6) is 0 Å². The van der Waals surface area contributed by atoms with Crippen molar-refractivity contribution in [1.82, 2.24) is 9.88 Å². The van der Waals surface area contributed by atoms with Crippen LogP contribution in [0.25, 0.3) is 0 Å². The van der Waals surface area contributed by atoms with Gasteiger partial charge in [-0.05, 0) is 20.0 Å². The van der Waals surface area contributed by atoms with Gasteiger partial charge in [-0.1, -0.05) is 20.3 Å². The highest BCUT2D eigenvalue weighted by Crippen LogP contribution is 2.21. The third kappa shape index (κ3) is 5.14. The monoisotopic (exact) mass is 270 g/mol. The minimum absolute atomic E-state index is 0.0227. The van der Waals surface area contributed by atoms with Crippen molar-refractivity contribution in [2.24, 2.45) is 0 Å². The van der Waals surface area contributed by atoms with Gasteiger partial charge in [0, 0.05) is 17.8 Å². The lowest BCUT2D eigenvalue weighted by Crippen LogP contribution is -2.24. The van der Waals surface area contributed by atoms with Crippen LogP contribution in [0.1, 0.15) is 43.3 Å². The Morgan fingerprint density at radius 3 is 2.94 bits per heavy atom. The number of carbonyl (C=O) groups is 1. The van der Waals surface area contributed by atoms with Crippen LogP contribution in [0.15, 0.2) is 5.38 Å². The summed E-state index contributed by atoms with van der Waals surface area (Å²) in [5.41, 5.74) is 0.672. The maximum absolute atomic E-state index is 10.6. The van der Waals surface area contributed by atoms with Crippen LogP contribution in [0.4, 0.5) is 0 Å². The highest BCUT2D eigenvalue weighted by Gasteiger charge is 2.13. The number of unbranched alkanes of at least 4 members (excludes halogenated alkanes) is 1. The summed E-state index contributed by atoms with van der Waals surface area (Å²) in [6.07, 6.45) is 2.44. The molecule has 1 atom stereocenters. The van der Waals surface area contributed by atoms with E-state index in [1.54, 1.807) is 11.3 Å². The summed E-state index contributed by atoms with van der Waals surface area (Å²) in [5, 5.41) is 11.6. The van der Waals surface area contributed by atoms with E-state index < -0.39 is 5.97 Å². The topological polar surface area (TPSA) is 53.4 Å². The minimum Gasteiger partial charge on any atom is -0.481 e. The van der Waals surface area contributed by atoms with E-state index in [0.29, 0.717) is 11.6 Å². The second kappa shape index (κ2) is 7.48. The molecule has 0 spiro atoms. The Morgan fingerprint density at radius 1 is 1.61 bits per heavy atom. The Hall–Kier alpha value is -0.940. The highest BCUT2D eigenvalue weighted by atomic mass is 32.1. The van der Waals surface area contributed by atoms with E-state index >= 15 is 0 Å². The van der Waals surface area contributed by atoms with E-state index in [1.165, 1.54) is 12.8 Å². The van der Waals surface area contributed by atoms with E-state index in [-0.39, 0.29) is 6.42 Å². The summed E-state index contributed by atoms with van der Waals surface area (Å²) in [4.78, 5) is 17.3. The Kier molecular flexibility index (Phi) is 6.29. The van der Waals surface area contributed by atoms with Crippen LogP contribution in [-0.4, -0.2) is 41.1 Å². The molecule has 0 aliphatic rings. The van der Waals surface area contributed by atoms with Gasteiger partial charge in [-0.15, -0.1) is 11.3 Å². The van der Waals surface area contributed by atoms with Gasteiger partial charge in [-0.3, -0.25) is 4.79 Å². The van der Waals surface area contributed by atoms with Crippen LogP contribution in [-0.2, 0) is 11.2 Å². The predicted octanol–water partition coefficient (Wildman–Crippen LogP) is 2.61. The number of hydrogen-bond donors (Lipinski definition) is 1. The Labute approximate surface area is 113 Å². The molecule has 0 aromatic carbocycles. The molecule has 1 N–H and O–H groups in total. The number of carboxylic acid groups (broad SMARTS) is 1. The number of aromatic nitrogens is 1. The van der Waals surface area contributed by atoms with Crippen molar-refractivity contribution in [1.29, 1.82) is 0 Å². The molecule has 102 valence electrons. The molecule has 0 bridgehead atoms. The van der Waals surface area contributed by atoms with Gasteiger partial charge in [0.15, 0.2) is 0 Å². The Morgan fingerprint density at radius 2 is 2.33 bits per heavy atom. The molecule has 1 rings (SSSR count). The predicted molar refractivity (Wildman–Crippen MR) is 74.3 cm³/mol. The van der Waals surface area contributed by atoms with E-state index in [1.807, 2.05) is 5.38 Å². The second-order valence-corrected chi connectivity index (χ2v) is 5.65. The summed E-state index contributed by atoms with van der Waals surface area (Å²) in [7, 11) is 2.12. The van der Waals surface area contributed by atoms with Gasteiger partial charge in [0.2, 0.25) is 0 Å². The lowest BCUT2D eigenvalue weighted by Gasteiger charge is -2.19. The second-order valence-electron chi connectivity index (χ2n) is 4.76. The van der Waals surface area contributed by atoms with Crippen LogP contribution in [0.2, 0.25) is 0 Å². The zero-order chi connectivity index (χ0) is 13.5. The number of nitrogens with zero attached hydrogens (tertiary/aromatic N) is 2. The third-order valence-corrected chi connectivity index (χ3v) is 3.93. The number of likely N-dealkylation sites (N-methyl/N-ethyl adjacent to an activating group) is 1. The maximum atomic E-state index is 10.6. The maximum Gasteiger partial charge on any atom is 0.309 e. The summed E-state index contributed by atoms with van der Waals surface area (Å²) in [6, 6.07) is 0. The summed E-state index contributed by atoms with van der Waals surface area (Å²) >= 11 is 1.56. The van der Waals surface area contributed by atoms with Gasteiger partial charge >= 0.3 is 5.97 Å². The van der Waals surface area contributed by atoms with Crippen molar-refractivity contribution in [3.05, 3.63) is 16.1 Å². The fourth-order valence-corrected chi connectivity index (χ4v) is 2.72. The molecule has 0 amide bonds. The molecule has 4 nitrogen and oxygen atoms in total. The molecular formula is C13H22N2O2S. The van der Waals surface area contributed by atoms with E-state index in [4.69, 9.17) is 5.11 Å². The van der Waals surface area contributed by atoms with Crippen molar-refractivity contribution in [3.8, 4) is 0 Å². The van der Waals surface area contributed by atoms with Crippen molar-refractivity contribution >= 4 is 17.3 Å². The van der Waals surface area contributed by atoms with Crippen molar-refractivity contribution in [2.75, 3.05) is 20.1 Å². The Bertz CT molecular complexity index is 379. The number of rotatable bonds is 8. The largest absolute Gasteiger partial charge is 0.481 e. The number of carboxylic acids is 1. The molecule has 0 saturated heterocycles. The fourth-order valence-electron chi connectivity index (χ4n) is 1.85. The molecule has 0 radical (unpaired) electrons. The van der Waals surface area contributed by atoms with Gasteiger partial charge in [0.05, 0.1) is 17.1 Å². The first-order chi connectivity index (χ1) is 8.52. The van der Waals surface area contributed by atoms with Gasteiger partial charge in [-0.25, -0.2) is 4.98 Å². The smallest absolute Gasteiger partial charge is 0.309 e. The first kappa shape index (κ1) is 15.1. The molecule has 1 heterocycles. The van der Waals surface area contributed by atoms with Crippen molar-refractivity contribution in [2.45, 2.75) is 39.0 Å². The zero-order valence-corrected chi connectivity index (χ0v) is 12.2. The number of hydrogen-bond acceptors (Lipinski definition) is 4. The highest BCUT2D eigenvalue weighted by molar-refractivity contribution is 7.09. The molecule has 0 aliphatic heterocycles. The quantitative estimate of drug-likeness (QED) is 0.789. The Balaban J connectivity index is 2.48. The first-order valence-corrected chi connectivity index (χ1v) is 7.25. The van der Waals surface area contributed by atoms with Gasteiger partial charge in [0.25, 0.3) is 0 Å². The van der Waals surface area contributed by atoms with Gasteiger partial charge < -0.3 is 10.0 Å². The SMILES string of the molecule is CCCCN(C)CC(C)c1nc(CC(=O)O)cs1. The molecule has 1 aromatic rings. The molecular weight excluding hydrogens is 248 g/mol. The first-order valence-electron chi connectivity index (χ1n) is 6.37. The van der Waals surface area contributed by atoms with Crippen LogP contribution in [0, 0.1) is 0 Å². The van der Waals surface area contributed by atoms with Gasteiger partial charge in [0.1, 0.15) is 0 Å². The standard InChI is InChI=1S/C13H22N2O2S/c1-4-5-6-15(3)8-10(2)13-14-11(9-18-13)7-12(16)17/h9-10H,4-8H2,1-3H3,(H,16,17). The molecule has 18 heavy (non-hydrogen) atoms. The summed E-state index contributed by atoms with van der Waals surface area (Å²) in [5.74, 6) is -0.459. The lowest BCUT2D eigenvalue weighted by atomic mass is 10.2. The molecule has 1 unspecified atom stereocenters. The van der Waals surface area contributed by atoms with E-state index in [9.17, 15) is 4.79 Å². The minimum atomic E-state index is -0.820. The van der Waals surface area contributed by atoms with Gasteiger partial charge in [-0.2, -0.15) is 0 Å². The lowest BCUT2D eigenvalue weighted by molar-refractivity contribution is -0.136. The van der Waals surface area contributed by atoms with Crippen molar-refractivity contribution in [3.63, 3.8) is 0 Å². The molecule has 5 heteroatoms. The molecule has 0 fully saturated rings. The van der Waals surface area contributed by atoms with Crippen LogP contribution < -0.4 is 0 Å². The van der Waals surface area contributed by atoms with E-state index in [2.05, 4.69) is 30.8 Å². The van der Waals surface area contributed by atoms with E-state index in [0.717, 1.165) is 18.1 Å². The van der Waals surface area contributed by atoms with Crippen LogP contribution in [0.3, 0.4) is 0 Å². The average molecular weight is 270 g/mol. The molecule has 0 aliphatic carbocycles. The molecule has 0 saturated carbocycles.